The van der Waals surface area contributed by atoms with Gasteiger partial charge in [0.25, 0.3) is 0 Å². The van der Waals surface area contributed by atoms with Crippen LogP contribution in [0.15, 0.2) is 83.3 Å². The predicted molar refractivity (Wildman–Crippen MR) is 115 cm³/mol. The number of hydrogen-bond acceptors (Lipinski definition) is 1. The van der Waals surface area contributed by atoms with Gasteiger partial charge in [0.2, 0.25) is 5.69 Å². The zero-order chi connectivity index (χ0) is 19.3. The molecule has 0 radical (unpaired) electrons. The molecule has 0 atom stereocenters. The number of aryl methyl sites for hydroxylation is 2. The number of para-hydroxylation sites is 1. The third-order valence-electron chi connectivity index (χ3n) is 5.67. The van der Waals surface area contributed by atoms with Gasteiger partial charge >= 0.3 is 0 Å². The van der Waals surface area contributed by atoms with Crippen molar-refractivity contribution in [2.24, 2.45) is 7.05 Å². The molecule has 2 aromatic heterocycles. The summed E-state index contributed by atoms with van der Waals surface area (Å²) in [5.41, 5.74) is 9.10. The van der Waals surface area contributed by atoms with Gasteiger partial charge in [0.15, 0.2) is 5.69 Å². The van der Waals surface area contributed by atoms with E-state index in [1.807, 2.05) is 12.1 Å². The van der Waals surface area contributed by atoms with Crippen molar-refractivity contribution in [3.8, 4) is 22.4 Å². The van der Waals surface area contributed by atoms with Crippen LogP contribution in [0, 0.1) is 13.8 Å². The maximum atomic E-state index is 6.35. The fourth-order valence-electron chi connectivity index (χ4n) is 4.04. The molecule has 2 nitrogen and oxygen atoms in total. The molecule has 0 aliphatic rings. The maximum absolute atomic E-state index is 6.35. The number of pyridine rings is 1. The monoisotopic (exact) mass is 364 g/mol. The smallest absolute Gasteiger partial charge is 0.217 e. The van der Waals surface area contributed by atoms with Crippen molar-refractivity contribution in [1.82, 2.24) is 0 Å². The van der Waals surface area contributed by atoms with Gasteiger partial charge in [-0.2, -0.15) is 4.57 Å². The summed E-state index contributed by atoms with van der Waals surface area (Å²) in [7, 11) is 2.13. The molecular weight excluding hydrogens is 342 g/mol. The van der Waals surface area contributed by atoms with E-state index in [0.717, 1.165) is 22.1 Å². The lowest BCUT2D eigenvalue weighted by Crippen LogP contribution is -2.35. The summed E-state index contributed by atoms with van der Waals surface area (Å²) in [5.74, 6) is 0. The molecule has 0 bridgehead atoms. The molecule has 0 saturated heterocycles. The van der Waals surface area contributed by atoms with Crippen LogP contribution in [0.4, 0.5) is 0 Å². The first-order chi connectivity index (χ1) is 13.6. The minimum absolute atomic E-state index is 0.933. The Bertz CT molecular complexity index is 1330. The van der Waals surface area contributed by atoms with Crippen molar-refractivity contribution in [3.63, 3.8) is 0 Å². The molecule has 0 unspecified atom stereocenters. The van der Waals surface area contributed by atoms with Gasteiger partial charge in [-0.25, -0.2) is 0 Å². The van der Waals surface area contributed by atoms with Crippen molar-refractivity contribution in [2.75, 3.05) is 0 Å². The highest BCUT2D eigenvalue weighted by atomic mass is 16.3. The molecule has 0 amide bonds. The van der Waals surface area contributed by atoms with Crippen molar-refractivity contribution >= 4 is 21.9 Å². The second kappa shape index (κ2) is 6.35. The molecule has 5 aromatic rings. The number of benzene rings is 3. The summed E-state index contributed by atoms with van der Waals surface area (Å²) in [6.45, 7) is 4.32. The lowest BCUT2D eigenvalue weighted by molar-refractivity contribution is -0.666. The SMILES string of the molecule is Cc1ccc2c(oc3ccccc32)c1-c1cc(-c2ccccc2)cc(C)[n+]1C. The molecule has 0 saturated carbocycles. The van der Waals surface area contributed by atoms with Crippen molar-refractivity contribution in [3.05, 3.63) is 90.1 Å². The van der Waals surface area contributed by atoms with Crippen LogP contribution >= 0.6 is 0 Å². The van der Waals surface area contributed by atoms with Gasteiger partial charge in [0, 0.05) is 29.8 Å². The summed E-state index contributed by atoms with van der Waals surface area (Å²) in [5, 5.41) is 2.33. The van der Waals surface area contributed by atoms with Crippen molar-refractivity contribution in [1.29, 1.82) is 0 Å². The van der Waals surface area contributed by atoms with E-state index in [4.69, 9.17) is 4.42 Å². The van der Waals surface area contributed by atoms with E-state index in [1.54, 1.807) is 0 Å². The first kappa shape index (κ1) is 16.8. The Labute approximate surface area is 164 Å². The zero-order valence-corrected chi connectivity index (χ0v) is 16.4. The van der Waals surface area contributed by atoms with E-state index in [0.29, 0.717) is 0 Å². The minimum Gasteiger partial charge on any atom is -0.455 e. The van der Waals surface area contributed by atoms with Crippen LogP contribution < -0.4 is 4.57 Å². The Morgan fingerprint density at radius 2 is 1.46 bits per heavy atom. The number of aromatic nitrogens is 1. The highest BCUT2D eigenvalue weighted by Crippen LogP contribution is 2.37. The van der Waals surface area contributed by atoms with E-state index in [1.165, 1.54) is 33.5 Å². The van der Waals surface area contributed by atoms with E-state index in [2.05, 4.69) is 92.2 Å². The molecule has 0 aliphatic carbocycles. The standard InChI is InChI=1S/C26H22NO/c1-17-13-14-22-21-11-7-8-12-24(21)28-26(22)25(17)23-16-20(15-18(2)27(23)3)19-9-5-4-6-10-19/h4-16H,1-3H3/q+1. The van der Waals surface area contributed by atoms with Crippen LogP contribution in [0.2, 0.25) is 0 Å². The molecule has 5 rings (SSSR count). The summed E-state index contributed by atoms with van der Waals surface area (Å²) >= 11 is 0. The van der Waals surface area contributed by atoms with Gasteiger partial charge < -0.3 is 4.42 Å². The van der Waals surface area contributed by atoms with Gasteiger partial charge in [-0.05, 0) is 29.7 Å². The average molecular weight is 364 g/mol. The molecule has 2 heterocycles. The summed E-state index contributed by atoms with van der Waals surface area (Å²) in [6, 6.07) is 27.7. The third kappa shape index (κ3) is 2.53. The fraction of sp³-hybridized carbons (Fsp3) is 0.115. The molecule has 28 heavy (non-hydrogen) atoms. The van der Waals surface area contributed by atoms with Crippen LogP contribution in [0.25, 0.3) is 44.3 Å². The first-order valence-electron chi connectivity index (χ1n) is 9.61. The molecule has 0 N–H and O–H groups in total. The van der Waals surface area contributed by atoms with E-state index >= 15 is 0 Å². The summed E-state index contributed by atoms with van der Waals surface area (Å²) < 4.78 is 8.60. The van der Waals surface area contributed by atoms with Gasteiger partial charge in [0.05, 0.1) is 5.56 Å². The van der Waals surface area contributed by atoms with Crippen molar-refractivity contribution in [2.45, 2.75) is 13.8 Å². The lowest BCUT2D eigenvalue weighted by atomic mass is 9.97. The molecular formula is C26H22NO+. The van der Waals surface area contributed by atoms with Crippen LogP contribution in [-0.2, 0) is 7.05 Å². The third-order valence-corrected chi connectivity index (χ3v) is 5.67. The Morgan fingerprint density at radius 1 is 0.714 bits per heavy atom. The van der Waals surface area contributed by atoms with E-state index < -0.39 is 0 Å². The van der Waals surface area contributed by atoms with E-state index in [9.17, 15) is 0 Å². The van der Waals surface area contributed by atoms with Crippen LogP contribution in [0.5, 0.6) is 0 Å². The average Bonchev–Trinajstić information content (AvgIpc) is 3.09. The first-order valence-corrected chi connectivity index (χ1v) is 9.61. The second-order valence-corrected chi connectivity index (χ2v) is 7.43. The van der Waals surface area contributed by atoms with Gasteiger partial charge in [-0.15, -0.1) is 0 Å². The fourth-order valence-corrected chi connectivity index (χ4v) is 4.04. The predicted octanol–water partition coefficient (Wildman–Crippen LogP) is 6.36. The summed E-state index contributed by atoms with van der Waals surface area (Å²) in [4.78, 5) is 0. The molecule has 0 aliphatic heterocycles. The van der Waals surface area contributed by atoms with Crippen LogP contribution in [0.1, 0.15) is 11.3 Å². The highest BCUT2D eigenvalue weighted by molar-refractivity contribution is 6.09. The van der Waals surface area contributed by atoms with Crippen LogP contribution in [0.3, 0.4) is 0 Å². The number of nitrogens with zero attached hydrogens (tertiary/aromatic N) is 1. The van der Waals surface area contributed by atoms with Crippen LogP contribution in [-0.4, -0.2) is 0 Å². The Balaban J connectivity index is 1.85. The van der Waals surface area contributed by atoms with Gasteiger partial charge in [-0.3, -0.25) is 0 Å². The molecule has 3 aromatic carbocycles. The Morgan fingerprint density at radius 3 is 2.29 bits per heavy atom. The maximum Gasteiger partial charge on any atom is 0.217 e. The van der Waals surface area contributed by atoms with Crippen molar-refractivity contribution < 1.29 is 8.98 Å². The van der Waals surface area contributed by atoms with Gasteiger partial charge in [-0.1, -0.05) is 60.7 Å². The second-order valence-electron chi connectivity index (χ2n) is 7.43. The lowest BCUT2D eigenvalue weighted by Gasteiger charge is -2.10. The van der Waals surface area contributed by atoms with E-state index in [-0.39, 0.29) is 0 Å². The largest absolute Gasteiger partial charge is 0.455 e. The number of fused-ring (bicyclic) bond motifs is 3. The molecule has 2 heteroatoms. The minimum atomic E-state index is 0.933. The zero-order valence-electron chi connectivity index (χ0n) is 16.4. The molecule has 0 spiro atoms. The summed E-state index contributed by atoms with van der Waals surface area (Å²) in [6.07, 6.45) is 0. The number of hydrogen-bond donors (Lipinski definition) is 0. The molecule has 0 fully saturated rings. The normalized spacial score (nSPS) is 11.4. The Hall–Kier alpha value is -3.39. The topological polar surface area (TPSA) is 17.0 Å². The highest BCUT2D eigenvalue weighted by Gasteiger charge is 2.22. The van der Waals surface area contributed by atoms with Gasteiger partial charge in [0.1, 0.15) is 18.2 Å². The quantitative estimate of drug-likeness (QED) is 0.333. The Kier molecular flexibility index (Phi) is 3.80. The number of rotatable bonds is 2. The number of furan rings is 1. The molecule has 136 valence electrons.